The minimum Gasteiger partial charge on any atom is -0.462 e. The molecule has 0 aromatic carbocycles. The molecule has 0 amide bonds. The van der Waals surface area contributed by atoms with Gasteiger partial charge in [-0.3, -0.25) is 14.4 Å². The van der Waals surface area contributed by atoms with Crippen molar-refractivity contribution in [1.29, 1.82) is 0 Å². The van der Waals surface area contributed by atoms with Crippen molar-refractivity contribution in [3.8, 4) is 0 Å². The first-order valence-corrected chi connectivity index (χ1v) is 19.6. The van der Waals surface area contributed by atoms with Crippen molar-refractivity contribution in [2.45, 2.75) is 162 Å². The van der Waals surface area contributed by atoms with E-state index < -0.39 is 18.0 Å². The van der Waals surface area contributed by atoms with Crippen molar-refractivity contribution in [3.05, 3.63) is 85.1 Å². The Balaban J connectivity index is 4.55. The van der Waals surface area contributed by atoms with Crippen LogP contribution in [0.15, 0.2) is 85.1 Å². The number of ether oxygens (including phenoxy) is 3. The van der Waals surface area contributed by atoms with Gasteiger partial charge in [-0.1, -0.05) is 151 Å². The van der Waals surface area contributed by atoms with Gasteiger partial charge in [-0.05, 0) is 70.6 Å². The Morgan fingerprint density at radius 1 is 0.440 bits per heavy atom. The molecule has 0 N–H and O–H groups in total. The van der Waals surface area contributed by atoms with Gasteiger partial charge in [0.1, 0.15) is 13.2 Å². The summed E-state index contributed by atoms with van der Waals surface area (Å²) in [5.41, 5.74) is 0. The molecule has 0 bridgehead atoms. The van der Waals surface area contributed by atoms with Gasteiger partial charge >= 0.3 is 17.9 Å². The number of esters is 3. The molecule has 0 rings (SSSR count). The first-order chi connectivity index (χ1) is 24.5. The first kappa shape index (κ1) is 46.6. The van der Waals surface area contributed by atoms with Crippen LogP contribution in [0.2, 0.25) is 0 Å². The summed E-state index contributed by atoms with van der Waals surface area (Å²) in [6.45, 7) is 6.14. The third-order valence-electron chi connectivity index (χ3n) is 7.68. The fourth-order valence-corrected chi connectivity index (χ4v) is 4.79. The van der Waals surface area contributed by atoms with Gasteiger partial charge in [0.25, 0.3) is 0 Å². The summed E-state index contributed by atoms with van der Waals surface area (Å²) in [6, 6.07) is 0. The molecule has 0 aromatic rings. The maximum absolute atomic E-state index is 12.5. The van der Waals surface area contributed by atoms with Crippen LogP contribution >= 0.6 is 0 Å². The Morgan fingerprint density at radius 2 is 0.860 bits per heavy atom. The molecule has 282 valence electrons. The van der Waals surface area contributed by atoms with Gasteiger partial charge in [-0.25, -0.2) is 0 Å². The highest BCUT2D eigenvalue weighted by molar-refractivity contribution is 5.72. The summed E-state index contributed by atoms with van der Waals surface area (Å²) in [5.74, 6) is -1.23. The summed E-state index contributed by atoms with van der Waals surface area (Å²) in [5, 5.41) is 0. The first-order valence-electron chi connectivity index (χ1n) is 19.6. The third kappa shape index (κ3) is 35.9. The number of rotatable bonds is 33. The number of unbranched alkanes of at least 4 members (excludes halogenated alkanes) is 10. The van der Waals surface area contributed by atoms with Crippen LogP contribution in [0.5, 0.6) is 0 Å². The average Bonchev–Trinajstić information content (AvgIpc) is 3.11. The molecule has 0 fully saturated rings. The van der Waals surface area contributed by atoms with E-state index >= 15 is 0 Å². The molecule has 0 aliphatic heterocycles. The largest absolute Gasteiger partial charge is 0.462 e. The fraction of sp³-hybridized carbons (Fsp3) is 0.614. The maximum Gasteiger partial charge on any atom is 0.310 e. The number of hydrogen-bond acceptors (Lipinski definition) is 6. The SMILES string of the molecule is CC/C=C\C/C=C\C/C=C\CC(=O)OCC(COC(=O)CCCCC/C=C\CCCCCCCCC)OC(=O)C/C=C\C/C=C\C/C=C\CC. The predicted molar refractivity (Wildman–Crippen MR) is 210 cm³/mol. The highest BCUT2D eigenvalue weighted by Crippen LogP contribution is 2.10. The van der Waals surface area contributed by atoms with E-state index in [2.05, 4.69) is 75.5 Å². The van der Waals surface area contributed by atoms with Gasteiger partial charge < -0.3 is 14.2 Å². The van der Waals surface area contributed by atoms with E-state index in [1.165, 1.54) is 44.9 Å². The van der Waals surface area contributed by atoms with E-state index in [4.69, 9.17) is 14.2 Å². The molecule has 50 heavy (non-hydrogen) atoms. The van der Waals surface area contributed by atoms with E-state index in [-0.39, 0.29) is 32.0 Å². The lowest BCUT2D eigenvalue weighted by Gasteiger charge is -2.17. The number of allylic oxidation sites excluding steroid dienone is 12. The molecule has 0 aliphatic carbocycles. The second-order valence-electron chi connectivity index (χ2n) is 12.5. The van der Waals surface area contributed by atoms with Crippen LogP contribution in [0.25, 0.3) is 0 Å². The lowest BCUT2D eigenvalue weighted by Crippen LogP contribution is -2.30. The molecule has 1 unspecified atom stereocenters. The van der Waals surface area contributed by atoms with E-state index in [1.54, 1.807) is 12.2 Å². The minimum absolute atomic E-state index is 0.0833. The van der Waals surface area contributed by atoms with Crippen LogP contribution in [0.3, 0.4) is 0 Å². The van der Waals surface area contributed by atoms with Gasteiger partial charge in [0.05, 0.1) is 12.8 Å². The molecule has 0 aliphatic rings. The van der Waals surface area contributed by atoms with Crippen molar-refractivity contribution < 1.29 is 28.6 Å². The highest BCUT2D eigenvalue weighted by Gasteiger charge is 2.19. The van der Waals surface area contributed by atoms with Crippen LogP contribution in [-0.2, 0) is 28.6 Å². The van der Waals surface area contributed by atoms with E-state index in [0.29, 0.717) is 6.42 Å². The van der Waals surface area contributed by atoms with Crippen LogP contribution in [-0.4, -0.2) is 37.2 Å². The zero-order valence-corrected chi connectivity index (χ0v) is 31.9. The molecule has 0 radical (unpaired) electrons. The Labute approximate surface area is 305 Å². The Hall–Kier alpha value is -3.41. The second-order valence-corrected chi connectivity index (χ2v) is 12.5. The van der Waals surface area contributed by atoms with E-state index in [9.17, 15) is 14.4 Å². The van der Waals surface area contributed by atoms with E-state index in [0.717, 1.165) is 70.6 Å². The van der Waals surface area contributed by atoms with Crippen molar-refractivity contribution >= 4 is 17.9 Å². The molecule has 0 saturated heterocycles. The topological polar surface area (TPSA) is 78.9 Å². The number of carbonyl (C=O) groups is 3. The fourth-order valence-electron chi connectivity index (χ4n) is 4.79. The van der Waals surface area contributed by atoms with Crippen molar-refractivity contribution in [3.63, 3.8) is 0 Å². The number of hydrogen-bond donors (Lipinski definition) is 0. The van der Waals surface area contributed by atoms with Crippen molar-refractivity contribution in [1.82, 2.24) is 0 Å². The molecule has 6 nitrogen and oxygen atoms in total. The lowest BCUT2D eigenvalue weighted by molar-refractivity contribution is -0.166. The van der Waals surface area contributed by atoms with Crippen LogP contribution in [0, 0.1) is 0 Å². The summed E-state index contributed by atoms with van der Waals surface area (Å²) in [4.78, 5) is 37.3. The molecular formula is C44H70O6. The lowest BCUT2D eigenvalue weighted by atomic mass is 10.1. The molecule has 0 aromatic heterocycles. The highest BCUT2D eigenvalue weighted by atomic mass is 16.6. The van der Waals surface area contributed by atoms with Gasteiger partial charge in [-0.2, -0.15) is 0 Å². The molecule has 0 spiro atoms. The smallest absolute Gasteiger partial charge is 0.310 e. The second kappa shape index (κ2) is 38.4. The standard InChI is InChI=1S/C44H70O6/c1-4-7-10-13-16-19-20-21-22-23-26-28-31-34-37-43(46)49-40-41(50-44(47)38-35-32-29-25-18-15-12-9-6-3)39-48-42(45)36-33-30-27-24-17-14-11-8-5-2/h8-9,11-12,17-18,22-25,30,32-33,35,41H,4-7,10,13-16,19-21,26-29,31,34,36-40H2,1-3H3/b11-8-,12-9-,23-22-,24-17-,25-18-,33-30-,35-32-. The average molecular weight is 695 g/mol. The maximum atomic E-state index is 12.5. The molecular weight excluding hydrogens is 624 g/mol. The van der Waals surface area contributed by atoms with Crippen molar-refractivity contribution in [2.24, 2.45) is 0 Å². The zero-order valence-electron chi connectivity index (χ0n) is 31.9. The minimum atomic E-state index is -0.862. The monoisotopic (exact) mass is 695 g/mol. The molecule has 1 atom stereocenters. The predicted octanol–water partition coefficient (Wildman–Crippen LogP) is 12.1. The zero-order chi connectivity index (χ0) is 36.6. The van der Waals surface area contributed by atoms with Crippen molar-refractivity contribution in [2.75, 3.05) is 13.2 Å². The Kier molecular flexibility index (Phi) is 35.8. The number of carbonyl (C=O) groups excluding carboxylic acids is 3. The van der Waals surface area contributed by atoms with Crippen LogP contribution in [0.4, 0.5) is 0 Å². The van der Waals surface area contributed by atoms with E-state index in [1.807, 2.05) is 18.2 Å². The summed E-state index contributed by atoms with van der Waals surface area (Å²) in [7, 11) is 0. The van der Waals surface area contributed by atoms with Crippen LogP contribution < -0.4 is 0 Å². The Morgan fingerprint density at radius 3 is 1.38 bits per heavy atom. The summed E-state index contributed by atoms with van der Waals surface area (Å²) >= 11 is 0. The summed E-state index contributed by atoms with van der Waals surface area (Å²) < 4.78 is 16.3. The normalized spacial score (nSPS) is 12.9. The quantitative estimate of drug-likeness (QED) is 0.0294. The molecule has 0 saturated carbocycles. The molecule has 6 heteroatoms. The summed E-state index contributed by atoms with van der Waals surface area (Å²) in [6.07, 6.45) is 47.8. The third-order valence-corrected chi connectivity index (χ3v) is 7.68. The van der Waals surface area contributed by atoms with Crippen LogP contribution in [0.1, 0.15) is 156 Å². The van der Waals surface area contributed by atoms with Gasteiger partial charge in [0, 0.05) is 6.42 Å². The van der Waals surface area contributed by atoms with Gasteiger partial charge in [0.15, 0.2) is 6.10 Å². The van der Waals surface area contributed by atoms with Gasteiger partial charge in [-0.15, -0.1) is 0 Å². The molecule has 0 heterocycles. The van der Waals surface area contributed by atoms with Gasteiger partial charge in [0.2, 0.25) is 0 Å². The Bertz CT molecular complexity index is 1030.